The molecule has 5 nitrogen and oxygen atoms in total. The molecule has 0 aromatic rings. The normalized spacial score (nSPS) is 8.73. The molecule has 0 atom stereocenters. The molecule has 11 heavy (non-hydrogen) atoms. The number of aliphatic carboxylic acids is 1. The topological polar surface area (TPSA) is 75.6 Å². The van der Waals surface area contributed by atoms with Gasteiger partial charge in [-0.25, -0.2) is 4.79 Å². The van der Waals surface area contributed by atoms with E-state index in [4.69, 9.17) is 5.11 Å². The Balaban J connectivity index is 3.31. The summed E-state index contributed by atoms with van der Waals surface area (Å²) < 4.78 is 4.45. The lowest BCUT2D eigenvalue weighted by molar-refractivity contribution is -0.143. The van der Waals surface area contributed by atoms with E-state index in [0.29, 0.717) is 0 Å². The minimum atomic E-state index is -1.10. The van der Waals surface area contributed by atoms with Gasteiger partial charge in [-0.15, -0.1) is 0 Å². The van der Waals surface area contributed by atoms with Crippen LogP contribution in [0, 0.1) is 0 Å². The molecule has 0 saturated heterocycles. The van der Waals surface area contributed by atoms with Crippen molar-refractivity contribution in [1.29, 1.82) is 0 Å². The fourth-order valence-electron chi connectivity index (χ4n) is 0.387. The van der Waals surface area contributed by atoms with E-state index in [9.17, 15) is 9.59 Å². The third-order valence-corrected chi connectivity index (χ3v) is 0.722. The molecule has 0 heterocycles. The summed E-state index contributed by atoms with van der Waals surface area (Å²) >= 11 is 0. The summed E-state index contributed by atoms with van der Waals surface area (Å²) in [6, 6.07) is 0. The number of amides is 1. The third-order valence-electron chi connectivity index (χ3n) is 0.722. The molecule has 62 valence electrons. The van der Waals surface area contributed by atoms with Gasteiger partial charge in [-0.1, -0.05) is 6.58 Å². The Kier molecular flexibility index (Phi) is 4.76. The largest absolute Gasteiger partial charge is 0.480 e. The summed E-state index contributed by atoms with van der Waals surface area (Å²) in [6.07, 6.45) is 1.20. The van der Waals surface area contributed by atoms with Gasteiger partial charge in [0.25, 0.3) is 0 Å². The van der Waals surface area contributed by atoms with Gasteiger partial charge in [0.15, 0.2) is 0 Å². The maximum absolute atomic E-state index is 10.5. The molecule has 0 unspecified atom stereocenters. The maximum atomic E-state index is 10.5. The summed E-state index contributed by atoms with van der Waals surface area (Å²) in [5.74, 6) is -1.52. The maximum Gasteiger partial charge on any atom is 0.329 e. The van der Waals surface area contributed by atoms with Gasteiger partial charge in [-0.05, 0) is 6.20 Å². The van der Waals surface area contributed by atoms with E-state index in [1.165, 1.54) is 6.20 Å². The van der Waals surface area contributed by atoms with E-state index in [1.54, 1.807) is 0 Å². The van der Waals surface area contributed by atoms with Crippen LogP contribution in [0.15, 0.2) is 12.8 Å². The first-order chi connectivity index (χ1) is 5.16. The standard InChI is InChI=1S/C6H9NO4/c1-2-7-5(8)3-11-4-6(9)10/h2H,1,3-4H2,(H,7,8)(H,9,10). The van der Waals surface area contributed by atoms with Gasteiger partial charge in [-0.2, -0.15) is 0 Å². The monoisotopic (exact) mass is 159 g/mol. The van der Waals surface area contributed by atoms with Crippen LogP contribution in [0.1, 0.15) is 0 Å². The fraction of sp³-hybridized carbons (Fsp3) is 0.333. The lowest BCUT2D eigenvalue weighted by Crippen LogP contribution is -2.23. The van der Waals surface area contributed by atoms with Gasteiger partial charge in [-0.3, -0.25) is 4.79 Å². The van der Waals surface area contributed by atoms with Crippen LogP contribution < -0.4 is 5.32 Å². The number of hydrogen-bond donors (Lipinski definition) is 2. The summed E-state index contributed by atoms with van der Waals surface area (Å²) in [4.78, 5) is 20.4. The average molecular weight is 159 g/mol. The summed E-state index contributed by atoms with van der Waals surface area (Å²) in [5, 5.41) is 10.3. The van der Waals surface area contributed by atoms with Crippen molar-refractivity contribution in [3.63, 3.8) is 0 Å². The quantitative estimate of drug-likeness (QED) is 0.558. The van der Waals surface area contributed by atoms with Crippen LogP contribution in [0.2, 0.25) is 0 Å². The van der Waals surface area contributed by atoms with E-state index >= 15 is 0 Å². The van der Waals surface area contributed by atoms with Crippen molar-refractivity contribution in [3.05, 3.63) is 12.8 Å². The third kappa shape index (κ3) is 6.53. The molecule has 0 aliphatic carbocycles. The lowest BCUT2D eigenvalue weighted by Gasteiger charge is -1.98. The van der Waals surface area contributed by atoms with Crippen LogP contribution in [0.3, 0.4) is 0 Å². The molecule has 0 spiro atoms. The van der Waals surface area contributed by atoms with Crippen molar-refractivity contribution in [2.24, 2.45) is 0 Å². The highest BCUT2D eigenvalue weighted by atomic mass is 16.5. The van der Waals surface area contributed by atoms with Crippen molar-refractivity contribution >= 4 is 11.9 Å². The molecule has 1 amide bonds. The molecular weight excluding hydrogens is 150 g/mol. The number of ether oxygens (including phenoxy) is 1. The Morgan fingerprint density at radius 3 is 2.64 bits per heavy atom. The zero-order valence-electron chi connectivity index (χ0n) is 5.87. The van der Waals surface area contributed by atoms with E-state index in [1.807, 2.05) is 0 Å². The highest BCUT2D eigenvalue weighted by molar-refractivity contribution is 5.78. The molecule has 2 N–H and O–H groups in total. The van der Waals surface area contributed by atoms with E-state index in [0.717, 1.165) is 0 Å². The van der Waals surface area contributed by atoms with E-state index in [-0.39, 0.29) is 6.61 Å². The smallest absolute Gasteiger partial charge is 0.329 e. The second-order valence-electron chi connectivity index (χ2n) is 1.66. The number of carbonyl (C=O) groups excluding carboxylic acids is 1. The predicted molar refractivity (Wildman–Crippen MR) is 36.8 cm³/mol. The van der Waals surface area contributed by atoms with Gasteiger partial charge in [0.2, 0.25) is 5.91 Å². The molecule has 0 aliphatic rings. The number of hydrogen-bond acceptors (Lipinski definition) is 3. The zero-order chi connectivity index (χ0) is 8.69. The van der Waals surface area contributed by atoms with Crippen molar-refractivity contribution in [1.82, 2.24) is 5.32 Å². The van der Waals surface area contributed by atoms with Gasteiger partial charge < -0.3 is 15.2 Å². The molecule has 5 heteroatoms. The minimum absolute atomic E-state index is 0.266. The minimum Gasteiger partial charge on any atom is -0.480 e. The van der Waals surface area contributed by atoms with Crippen LogP contribution in [0.4, 0.5) is 0 Å². The van der Waals surface area contributed by atoms with Crippen molar-refractivity contribution in [2.75, 3.05) is 13.2 Å². The first-order valence-electron chi connectivity index (χ1n) is 2.86. The van der Waals surface area contributed by atoms with Crippen molar-refractivity contribution in [3.8, 4) is 0 Å². The van der Waals surface area contributed by atoms with Crippen LogP contribution in [0.5, 0.6) is 0 Å². The average Bonchev–Trinajstić information content (AvgIpc) is 1.87. The Labute approximate surface area is 63.7 Å². The van der Waals surface area contributed by atoms with Crippen LogP contribution in [-0.4, -0.2) is 30.2 Å². The molecule has 0 saturated carbocycles. The van der Waals surface area contributed by atoms with E-state index in [2.05, 4.69) is 16.6 Å². The van der Waals surface area contributed by atoms with Gasteiger partial charge >= 0.3 is 5.97 Å². The summed E-state index contributed by atoms with van der Waals surface area (Å²) in [5.41, 5.74) is 0. The van der Waals surface area contributed by atoms with Gasteiger partial charge in [0.05, 0.1) is 0 Å². The van der Waals surface area contributed by atoms with Crippen LogP contribution in [-0.2, 0) is 14.3 Å². The Morgan fingerprint density at radius 2 is 2.18 bits per heavy atom. The first kappa shape index (κ1) is 9.64. The van der Waals surface area contributed by atoms with Crippen molar-refractivity contribution in [2.45, 2.75) is 0 Å². The van der Waals surface area contributed by atoms with Crippen molar-refractivity contribution < 1.29 is 19.4 Å². The Hall–Kier alpha value is -1.36. The SMILES string of the molecule is C=CNC(=O)COCC(=O)O. The number of rotatable bonds is 5. The van der Waals surface area contributed by atoms with E-state index < -0.39 is 18.5 Å². The van der Waals surface area contributed by atoms with Gasteiger partial charge in [0.1, 0.15) is 13.2 Å². The second kappa shape index (κ2) is 5.43. The number of carboxylic acid groups (broad SMARTS) is 1. The Morgan fingerprint density at radius 1 is 1.55 bits per heavy atom. The molecule has 0 aromatic carbocycles. The fourth-order valence-corrected chi connectivity index (χ4v) is 0.387. The molecule has 0 radical (unpaired) electrons. The predicted octanol–water partition coefficient (Wildman–Crippen LogP) is -0.653. The summed E-state index contributed by atoms with van der Waals surface area (Å²) in [6.45, 7) is 2.51. The van der Waals surface area contributed by atoms with Crippen LogP contribution >= 0.6 is 0 Å². The lowest BCUT2D eigenvalue weighted by atomic mass is 10.6. The first-order valence-corrected chi connectivity index (χ1v) is 2.86. The zero-order valence-corrected chi connectivity index (χ0v) is 5.87. The number of carbonyl (C=O) groups is 2. The highest BCUT2D eigenvalue weighted by Crippen LogP contribution is 1.74. The molecule has 0 rings (SSSR count). The Bertz CT molecular complexity index is 166. The molecule has 0 fully saturated rings. The molecule has 0 bridgehead atoms. The molecule has 0 aliphatic heterocycles. The highest BCUT2D eigenvalue weighted by Gasteiger charge is 2.00. The number of nitrogens with one attached hydrogen (secondary N) is 1. The summed E-state index contributed by atoms with van der Waals surface area (Å²) in [7, 11) is 0. The van der Waals surface area contributed by atoms with Gasteiger partial charge in [0, 0.05) is 0 Å². The van der Waals surface area contributed by atoms with Crippen LogP contribution in [0.25, 0.3) is 0 Å². The molecular formula is C6H9NO4. The second-order valence-corrected chi connectivity index (χ2v) is 1.66. The number of carboxylic acids is 1. The molecule has 0 aromatic heterocycles.